The highest BCUT2D eigenvalue weighted by molar-refractivity contribution is 5.71. The number of unbranched alkanes of at least 4 members (excludes halogenated alkanes) is 24. The summed E-state index contributed by atoms with van der Waals surface area (Å²) >= 11 is 0. The number of hydrogen-bond donors (Lipinski definition) is 0. The molecular weight excluding hydrogens is 649 g/mol. The van der Waals surface area contributed by atoms with E-state index < -0.39 is 6.10 Å². The van der Waals surface area contributed by atoms with Gasteiger partial charge in [0.15, 0.2) is 6.10 Å². The van der Waals surface area contributed by atoms with E-state index in [0.717, 1.165) is 69.6 Å². The molecule has 0 aliphatic carbocycles. The van der Waals surface area contributed by atoms with Gasteiger partial charge in [0.2, 0.25) is 0 Å². The van der Waals surface area contributed by atoms with Crippen LogP contribution < -0.4 is 0 Å². The van der Waals surface area contributed by atoms with Crippen LogP contribution in [0.5, 0.6) is 0 Å². The lowest BCUT2D eigenvalue weighted by Crippen LogP contribution is -2.30. The minimum Gasteiger partial charge on any atom is -0.462 e. The highest BCUT2D eigenvalue weighted by Crippen LogP contribution is 2.17. The van der Waals surface area contributed by atoms with Gasteiger partial charge in [-0.25, -0.2) is 0 Å². The van der Waals surface area contributed by atoms with Gasteiger partial charge in [-0.2, -0.15) is 0 Å². The number of ether oxygens (including phenoxy) is 3. The molecule has 6 nitrogen and oxygen atoms in total. The summed E-state index contributed by atoms with van der Waals surface area (Å²) in [5, 5.41) is 0. The molecule has 0 radical (unpaired) electrons. The first-order chi connectivity index (χ1) is 25.3. The Bertz CT molecular complexity index is 796. The summed E-state index contributed by atoms with van der Waals surface area (Å²) in [6.45, 7) is 11.3. The Morgan fingerprint density at radius 2 is 0.731 bits per heavy atom. The van der Waals surface area contributed by atoms with Gasteiger partial charge in [-0.15, -0.1) is 0 Å². The summed E-state index contributed by atoms with van der Waals surface area (Å²) in [6, 6.07) is 0. The number of esters is 3. The molecule has 0 aromatic rings. The predicted octanol–water partition coefficient (Wildman–Crippen LogP) is 14.2. The van der Waals surface area contributed by atoms with Crippen molar-refractivity contribution in [2.24, 2.45) is 11.8 Å². The molecule has 6 heteroatoms. The molecule has 0 spiro atoms. The van der Waals surface area contributed by atoms with Gasteiger partial charge in [-0.05, 0) is 31.1 Å². The lowest BCUT2D eigenvalue weighted by atomic mass is 9.99. The maximum absolute atomic E-state index is 12.7. The van der Waals surface area contributed by atoms with Crippen LogP contribution in [0.25, 0.3) is 0 Å². The van der Waals surface area contributed by atoms with Crippen molar-refractivity contribution in [3.05, 3.63) is 0 Å². The normalized spacial score (nSPS) is 12.6. The standard InChI is InChI=1S/C46H88O6/c1-6-8-9-10-11-14-23-28-33-38-46(49)52-43(40-51-45(48)37-32-27-22-18-17-20-25-30-35-42(5)7-2)39-50-44(47)36-31-26-21-16-13-12-15-19-24-29-34-41(3)4/h41-43H,6-40H2,1-5H3/t42?,43-/m1/s1. The fourth-order valence-electron chi connectivity index (χ4n) is 6.72. The van der Waals surface area contributed by atoms with Crippen molar-refractivity contribution in [2.75, 3.05) is 13.2 Å². The number of carbonyl (C=O) groups excluding carboxylic acids is 3. The molecule has 0 aliphatic heterocycles. The Morgan fingerprint density at radius 3 is 1.10 bits per heavy atom. The summed E-state index contributed by atoms with van der Waals surface area (Å²) in [4.78, 5) is 37.6. The zero-order valence-corrected chi connectivity index (χ0v) is 35.4. The van der Waals surface area contributed by atoms with E-state index in [9.17, 15) is 14.4 Å². The number of hydrogen-bond acceptors (Lipinski definition) is 6. The van der Waals surface area contributed by atoms with Crippen LogP contribution in [0.3, 0.4) is 0 Å². The SMILES string of the molecule is CCCCCCCCCCCC(=O)O[C@H](COC(=O)CCCCCCCCCCCCC(C)C)COC(=O)CCCCCCCCCCC(C)CC. The Kier molecular flexibility index (Phi) is 37.9. The Labute approximate surface area is 323 Å². The molecule has 52 heavy (non-hydrogen) atoms. The molecule has 0 fully saturated rings. The summed E-state index contributed by atoms with van der Waals surface area (Å²) in [7, 11) is 0. The van der Waals surface area contributed by atoms with Crippen LogP contribution in [0.4, 0.5) is 0 Å². The number of rotatable bonds is 40. The fourth-order valence-corrected chi connectivity index (χ4v) is 6.72. The van der Waals surface area contributed by atoms with E-state index >= 15 is 0 Å². The Hall–Kier alpha value is -1.59. The second-order valence-corrected chi connectivity index (χ2v) is 16.4. The summed E-state index contributed by atoms with van der Waals surface area (Å²) in [5.74, 6) is 0.805. The summed E-state index contributed by atoms with van der Waals surface area (Å²) in [5.41, 5.74) is 0. The van der Waals surface area contributed by atoms with Crippen molar-refractivity contribution in [1.29, 1.82) is 0 Å². The molecule has 1 unspecified atom stereocenters. The van der Waals surface area contributed by atoms with Crippen molar-refractivity contribution in [1.82, 2.24) is 0 Å². The molecule has 0 N–H and O–H groups in total. The van der Waals surface area contributed by atoms with Gasteiger partial charge in [0.05, 0.1) is 0 Å². The molecule has 0 rings (SSSR count). The van der Waals surface area contributed by atoms with Crippen LogP contribution >= 0.6 is 0 Å². The minimum atomic E-state index is -0.760. The van der Waals surface area contributed by atoms with Gasteiger partial charge in [0.25, 0.3) is 0 Å². The summed E-state index contributed by atoms with van der Waals surface area (Å²) < 4.78 is 16.7. The first kappa shape index (κ1) is 50.4. The summed E-state index contributed by atoms with van der Waals surface area (Å²) in [6.07, 6.45) is 36.5. The third kappa shape index (κ3) is 38.1. The van der Waals surface area contributed by atoms with Gasteiger partial charge in [0.1, 0.15) is 13.2 Å². The fraction of sp³-hybridized carbons (Fsp3) is 0.935. The van der Waals surface area contributed by atoms with Crippen molar-refractivity contribution in [3.8, 4) is 0 Å². The number of carbonyl (C=O) groups is 3. The topological polar surface area (TPSA) is 78.9 Å². The molecule has 0 heterocycles. The van der Waals surface area contributed by atoms with E-state index in [0.29, 0.717) is 19.3 Å². The highest BCUT2D eigenvalue weighted by Gasteiger charge is 2.19. The monoisotopic (exact) mass is 737 g/mol. The van der Waals surface area contributed by atoms with Gasteiger partial charge >= 0.3 is 17.9 Å². The van der Waals surface area contributed by atoms with E-state index in [4.69, 9.17) is 14.2 Å². The van der Waals surface area contributed by atoms with Crippen LogP contribution in [0.1, 0.15) is 247 Å². The predicted molar refractivity (Wildman–Crippen MR) is 220 cm³/mol. The highest BCUT2D eigenvalue weighted by atomic mass is 16.6. The van der Waals surface area contributed by atoms with Crippen LogP contribution in [0.15, 0.2) is 0 Å². The molecule has 2 atom stereocenters. The largest absolute Gasteiger partial charge is 0.462 e. The van der Waals surface area contributed by atoms with E-state index in [1.165, 1.54) is 135 Å². The Morgan fingerprint density at radius 1 is 0.404 bits per heavy atom. The molecule has 0 aromatic heterocycles. The van der Waals surface area contributed by atoms with Gasteiger partial charge < -0.3 is 14.2 Å². The van der Waals surface area contributed by atoms with Gasteiger partial charge in [0, 0.05) is 19.3 Å². The first-order valence-corrected chi connectivity index (χ1v) is 22.8. The molecule has 0 aromatic carbocycles. The maximum Gasteiger partial charge on any atom is 0.306 e. The second kappa shape index (κ2) is 39.1. The maximum atomic E-state index is 12.7. The van der Waals surface area contributed by atoms with E-state index in [2.05, 4.69) is 34.6 Å². The smallest absolute Gasteiger partial charge is 0.306 e. The van der Waals surface area contributed by atoms with Crippen molar-refractivity contribution >= 4 is 17.9 Å². The Balaban J connectivity index is 4.32. The first-order valence-electron chi connectivity index (χ1n) is 22.8. The lowest BCUT2D eigenvalue weighted by Gasteiger charge is -2.18. The average Bonchev–Trinajstić information content (AvgIpc) is 3.12. The molecular formula is C46H88O6. The second-order valence-electron chi connectivity index (χ2n) is 16.4. The van der Waals surface area contributed by atoms with E-state index in [1.54, 1.807) is 0 Å². The van der Waals surface area contributed by atoms with Crippen molar-refractivity contribution in [3.63, 3.8) is 0 Å². The van der Waals surface area contributed by atoms with Gasteiger partial charge in [-0.3, -0.25) is 14.4 Å². The third-order valence-corrected chi connectivity index (χ3v) is 10.6. The molecule has 0 saturated carbocycles. The zero-order chi connectivity index (χ0) is 38.3. The van der Waals surface area contributed by atoms with Crippen LogP contribution in [0, 0.1) is 11.8 Å². The van der Waals surface area contributed by atoms with Crippen molar-refractivity contribution < 1.29 is 28.6 Å². The van der Waals surface area contributed by atoms with E-state index in [-0.39, 0.29) is 31.1 Å². The quantitative estimate of drug-likeness (QED) is 0.0354. The molecule has 0 saturated heterocycles. The van der Waals surface area contributed by atoms with E-state index in [1.807, 2.05) is 0 Å². The molecule has 0 bridgehead atoms. The molecule has 308 valence electrons. The van der Waals surface area contributed by atoms with Crippen molar-refractivity contribution in [2.45, 2.75) is 253 Å². The van der Waals surface area contributed by atoms with Crippen LogP contribution in [0.2, 0.25) is 0 Å². The van der Waals surface area contributed by atoms with Crippen LogP contribution in [-0.4, -0.2) is 37.2 Å². The minimum absolute atomic E-state index is 0.0653. The average molecular weight is 737 g/mol. The molecule has 0 amide bonds. The zero-order valence-electron chi connectivity index (χ0n) is 35.4. The lowest BCUT2D eigenvalue weighted by molar-refractivity contribution is -0.167. The van der Waals surface area contributed by atoms with Crippen LogP contribution in [-0.2, 0) is 28.6 Å². The third-order valence-electron chi connectivity index (χ3n) is 10.6. The molecule has 0 aliphatic rings. The van der Waals surface area contributed by atoms with Gasteiger partial charge in [-0.1, -0.05) is 208 Å².